The number of carboxylic acid groups (broad SMARTS) is 1. The number of ether oxygens (including phenoxy) is 1. The Morgan fingerprint density at radius 1 is 1.39 bits per heavy atom. The van der Waals surface area contributed by atoms with E-state index in [-0.39, 0.29) is 10.6 Å². The first-order chi connectivity index (χ1) is 10.5. The molecule has 3 N–H and O–H groups in total. The first-order valence-corrected chi connectivity index (χ1v) is 8.47. The van der Waals surface area contributed by atoms with Gasteiger partial charge in [0.2, 0.25) is 5.91 Å². The monoisotopic (exact) mass is 406 g/mol. The minimum Gasteiger partial charge on any atom is -0.477 e. The fourth-order valence-electron chi connectivity index (χ4n) is 1.64. The van der Waals surface area contributed by atoms with E-state index in [9.17, 15) is 14.4 Å². The summed E-state index contributed by atoms with van der Waals surface area (Å²) in [6.07, 6.45) is -0.372. The number of alkyl carbamates (subject to hydrolysis) is 1. The minimum atomic E-state index is -1.14. The fraction of sp³-hybridized carbons (Fsp3) is 0.500. The lowest BCUT2D eigenvalue weighted by Gasteiger charge is -2.22. The Hall–Kier alpha value is -1.61. The Balaban J connectivity index is 2.78. The number of thiophene rings is 1. The van der Waals surface area contributed by atoms with E-state index in [2.05, 4.69) is 26.6 Å². The first kappa shape index (κ1) is 19.4. The zero-order chi connectivity index (χ0) is 17.8. The van der Waals surface area contributed by atoms with Crippen LogP contribution in [0.3, 0.4) is 0 Å². The SMILES string of the molecule is CCC(NC(=O)OC(C)(C)C)C(=O)Nc1cc(Br)sc1C(=O)O. The smallest absolute Gasteiger partial charge is 0.408 e. The number of halogens is 1. The maximum atomic E-state index is 12.2. The standard InChI is InChI=1S/C14H19BrN2O5S/c1-5-7(17-13(21)22-14(2,3)4)11(18)16-8-6-9(15)23-10(8)12(19)20/h6-7H,5H2,1-4H3,(H,16,18)(H,17,21)(H,19,20). The molecule has 0 fully saturated rings. The molecule has 1 unspecified atom stereocenters. The van der Waals surface area contributed by atoms with Crippen LogP contribution in [0.5, 0.6) is 0 Å². The summed E-state index contributed by atoms with van der Waals surface area (Å²) in [7, 11) is 0. The topological polar surface area (TPSA) is 105 Å². The van der Waals surface area contributed by atoms with Crippen molar-refractivity contribution in [1.29, 1.82) is 0 Å². The molecule has 2 amide bonds. The zero-order valence-corrected chi connectivity index (χ0v) is 15.6. The van der Waals surface area contributed by atoms with Crippen molar-refractivity contribution in [3.05, 3.63) is 14.7 Å². The molecule has 0 aliphatic carbocycles. The summed E-state index contributed by atoms with van der Waals surface area (Å²) in [5, 5.41) is 14.1. The van der Waals surface area contributed by atoms with E-state index < -0.39 is 29.6 Å². The van der Waals surface area contributed by atoms with Gasteiger partial charge < -0.3 is 20.5 Å². The van der Waals surface area contributed by atoms with Crippen LogP contribution in [0.1, 0.15) is 43.8 Å². The van der Waals surface area contributed by atoms with Gasteiger partial charge in [-0.3, -0.25) is 4.79 Å². The molecule has 0 spiro atoms. The molecule has 128 valence electrons. The van der Waals surface area contributed by atoms with Crippen molar-refractivity contribution in [2.75, 3.05) is 5.32 Å². The quantitative estimate of drug-likeness (QED) is 0.694. The Morgan fingerprint density at radius 3 is 2.48 bits per heavy atom. The molecule has 0 aromatic carbocycles. The molecule has 0 saturated carbocycles. The molecule has 1 atom stereocenters. The Labute approximate surface area is 146 Å². The van der Waals surface area contributed by atoms with Crippen molar-refractivity contribution < 1.29 is 24.2 Å². The number of carbonyl (C=O) groups excluding carboxylic acids is 2. The van der Waals surface area contributed by atoms with Crippen LogP contribution in [-0.4, -0.2) is 34.7 Å². The van der Waals surface area contributed by atoms with Crippen molar-refractivity contribution in [1.82, 2.24) is 5.32 Å². The number of nitrogens with one attached hydrogen (secondary N) is 2. The van der Waals surface area contributed by atoms with Gasteiger partial charge in [-0.15, -0.1) is 11.3 Å². The Morgan fingerprint density at radius 2 is 2.00 bits per heavy atom. The van der Waals surface area contributed by atoms with Crippen LogP contribution < -0.4 is 10.6 Å². The van der Waals surface area contributed by atoms with Crippen LogP contribution in [0.15, 0.2) is 9.85 Å². The maximum absolute atomic E-state index is 12.2. The number of hydrogen-bond acceptors (Lipinski definition) is 5. The van der Waals surface area contributed by atoms with Gasteiger partial charge in [0.15, 0.2) is 0 Å². The molecule has 0 aliphatic rings. The van der Waals surface area contributed by atoms with Crippen molar-refractivity contribution in [2.24, 2.45) is 0 Å². The van der Waals surface area contributed by atoms with Crippen LogP contribution in [0.25, 0.3) is 0 Å². The van der Waals surface area contributed by atoms with Crippen LogP contribution >= 0.6 is 27.3 Å². The molecule has 0 aliphatic heterocycles. The summed E-state index contributed by atoms with van der Waals surface area (Å²) >= 11 is 4.18. The average Bonchev–Trinajstić information content (AvgIpc) is 2.74. The van der Waals surface area contributed by atoms with Gasteiger partial charge in [0.05, 0.1) is 9.47 Å². The zero-order valence-electron chi connectivity index (χ0n) is 13.2. The van der Waals surface area contributed by atoms with Gasteiger partial charge in [-0.05, 0) is 49.2 Å². The minimum absolute atomic E-state index is 0.0114. The van der Waals surface area contributed by atoms with E-state index in [1.54, 1.807) is 27.7 Å². The van der Waals surface area contributed by atoms with Crippen molar-refractivity contribution >= 4 is 50.9 Å². The highest BCUT2D eigenvalue weighted by Crippen LogP contribution is 2.31. The second-order valence-electron chi connectivity index (χ2n) is 5.69. The summed E-state index contributed by atoms with van der Waals surface area (Å²) in [4.78, 5) is 35.1. The normalized spacial score (nSPS) is 12.4. The summed E-state index contributed by atoms with van der Waals surface area (Å²) < 4.78 is 5.69. The number of carbonyl (C=O) groups is 3. The number of hydrogen-bond donors (Lipinski definition) is 3. The third kappa shape index (κ3) is 6.19. The second-order valence-corrected chi connectivity index (χ2v) is 8.13. The molecule has 7 nitrogen and oxygen atoms in total. The molecule has 1 aromatic rings. The molecule has 23 heavy (non-hydrogen) atoms. The first-order valence-electron chi connectivity index (χ1n) is 6.86. The molecular weight excluding hydrogens is 388 g/mol. The van der Waals surface area contributed by atoms with E-state index in [0.717, 1.165) is 11.3 Å². The summed E-state index contributed by atoms with van der Waals surface area (Å²) in [5.74, 6) is -1.64. The lowest BCUT2D eigenvalue weighted by atomic mass is 10.2. The van der Waals surface area contributed by atoms with E-state index in [0.29, 0.717) is 10.2 Å². The largest absolute Gasteiger partial charge is 0.477 e. The van der Waals surface area contributed by atoms with Gasteiger partial charge >= 0.3 is 12.1 Å². The maximum Gasteiger partial charge on any atom is 0.408 e. The number of aromatic carboxylic acids is 1. The van der Waals surface area contributed by atoms with Crippen LogP contribution in [0.4, 0.5) is 10.5 Å². The molecule has 0 saturated heterocycles. The van der Waals surface area contributed by atoms with Crippen LogP contribution in [-0.2, 0) is 9.53 Å². The Bertz CT molecular complexity index is 609. The van der Waals surface area contributed by atoms with Crippen LogP contribution in [0, 0.1) is 0 Å². The summed E-state index contributed by atoms with van der Waals surface area (Å²) in [6, 6.07) is 0.678. The number of anilines is 1. The van der Waals surface area contributed by atoms with Gasteiger partial charge in [-0.1, -0.05) is 6.92 Å². The predicted octanol–water partition coefficient (Wildman–Crippen LogP) is 3.45. The van der Waals surface area contributed by atoms with E-state index in [1.807, 2.05) is 0 Å². The summed E-state index contributed by atoms with van der Waals surface area (Å²) in [6.45, 7) is 6.88. The highest BCUT2D eigenvalue weighted by Gasteiger charge is 2.25. The van der Waals surface area contributed by atoms with Gasteiger partial charge in [0.25, 0.3) is 0 Å². The lowest BCUT2D eigenvalue weighted by molar-refractivity contribution is -0.118. The van der Waals surface area contributed by atoms with Gasteiger partial charge in [-0.25, -0.2) is 9.59 Å². The highest BCUT2D eigenvalue weighted by molar-refractivity contribution is 9.11. The molecule has 1 rings (SSSR count). The van der Waals surface area contributed by atoms with Crippen molar-refractivity contribution in [2.45, 2.75) is 45.8 Å². The molecular formula is C14H19BrN2O5S. The van der Waals surface area contributed by atoms with Gasteiger partial charge in [0.1, 0.15) is 16.5 Å². The van der Waals surface area contributed by atoms with Crippen molar-refractivity contribution in [3.8, 4) is 0 Å². The van der Waals surface area contributed by atoms with Crippen molar-refractivity contribution in [3.63, 3.8) is 0 Å². The van der Waals surface area contributed by atoms with Crippen LogP contribution in [0.2, 0.25) is 0 Å². The molecule has 1 aromatic heterocycles. The lowest BCUT2D eigenvalue weighted by Crippen LogP contribution is -2.45. The Kier molecular flexibility index (Phi) is 6.57. The molecule has 9 heteroatoms. The molecule has 1 heterocycles. The van der Waals surface area contributed by atoms with E-state index in [4.69, 9.17) is 9.84 Å². The second kappa shape index (κ2) is 7.78. The van der Waals surface area contributed by atoms with E-state index in [1.165, 1.54) is 6.07 Å². The van der Waals surface area contributed by atoms with Gasteiger partial charge in [0, 0.05) is 0 Å². The average molecular weight is 407 g/mol. The highest BCUT2D eigenvalue weighted by atomic mass is 79.9. The van der Waals surface area contributed by atoms with E-state index >= 15 is 0 Å². The number of carboxylic acids is 1. The number of amides is 2. The van der Waals surface area contributed by atoms with Gasteiger partial charge in [-0.2, -0.15) is 0 Å². The number of rotatable bonds is 5. The summed E-state index contributed by atoms with van der Waals surface area (Å²) in [5.41, 5.74) is -0.489. The molecule has 0 radical (unpaired) electrons. The fourth-order valence-corrected chi connectivity index (χ4v) is 3.03. The molecule has 0 bridgehead atoms. The third-order valence-corrected chi connectivity index (χ3v) is 4.20. The predicted molar refractivity (Wildman–Crippen MR) is 91.1 cm³/mol. The third-order valence-electron chi connectivity index (χ3n) is 2.57.